The van der Waals surface area contributed by atoms with Crippen LogP contribution in [0, 0.1) is 0 Å². The quantitative estimate of drug-likeness (QED) is 0.608. The lowest BCUT2D eigenvalue weighted by molar-refractivity contribution is 0.174. The van der Waals surface area contributed by atoms with Crippen LogP contribution >= 0.6 is 22.9 Å². The van der Waals surface area contributed by atoms with Crippen molar-refractivity contribution >= 4 is 44.5 Å². The lowest BCUT2D eigenvalue weighted by Gasteiger charge is -2.30. The van der Waals surface area contributed by atoms with Crippen molar-refractivity contribution < 1.29 is 9.47 Å². The van der Waals surface area contributed by atoms with E-state index in [0.29, 0.717) is 28.0 Å². The Morgan fingerprint density at radius 1 is 1.22 bits per heavy atom. The summed E-state index contributed by atoms with van der Waals surface area (Å²) in [4.78, 5) is 4.67. The van der Waals surface area contributed by atoms with Crippen molar-refractivity contribution in [2.75, 3.05) is 12.1 Å². The van der Waals surface area contributed by atoms with Gasteiger partial charge in [0.05, 0.1) is 5.02 Å². The number of nitrogens with one attached hydrogen (secondary N) is 2. The van der Waals surface area contributed by atoms with Crippen molar-refractivity contribution in [2.45, 2.75) is 5.79 Å². The minimum atomic E-state index is -1.09. The highest BCUT2D eigenvalue weighted by Crippen LogP contribution is 2.43. The van der Waals surface area contributed by atoms with Crippen molar-refractivity contribution in [3.05, 3.63) is 64.6 Å². The van der Waals surface area contributed by atoms with E-state index in [2.05, 4.69) is 33.1 Å². The van der Waals surface area contributed by atoms with Gasteiger partial charge in [0, 0.05) is 16.5 Å². The first-order valence-electron chi connectivity index (χ1n) is 8.28. The van der Waals surface area contributed by atoms with E-state index in [-0.39, 0.29) is 6.79 Å². The molecule has 1 aromatic heterocycles. The second-order valence-electron chi connectivity index (χ2n) is 6.20. The van der Waals surface area contributed by atoms with Crippen LogP contribution in [0.4, 0.5) is 5.69 Å². The third kappa shape index (κ3) is 2.80. The van der Waals surface area contributed by atoms with Gasteiger partial charge in [-0.15, -0.1) is 11.3 Å². The second-order valence-corrected chi connectivity index (χ2v) is 7.55. The van der Waals surface area contributed by atoms with Crippen molar-refractivity contribution in [3.8, 4) is 11.5 Å². The van der Waals surface area contributed by atoms with Gasteiger partial charge < -0.3 is 20.1 Å². The van der Waals surface area contributed by atoms with E-state index in [4.69, 9.17) is 26.8 Å². The lowest BCUT2D eigenvalue weighted by atomic mass is 10.1. The maximum Gasteiger partial charge on any atom is 0.231 e. The van der Waals surface area contributed by atoms with Crippen LogP contribution in [-0.4, -0.2) is 12.6 Å². The molecule has 0 amide bonds. The van der Waals surface area contributed by atoms with Gasteiger partial charge in [-0.25, -0.2) is 4.99 Å². The minimum Gasteiger partial charge on any atom is -0.454 e. The fourth-order valence-electron chi connectivity index (χ4n) is 3.12. The highest BCUT2D eigenvalue weighted by molar-refractivity contribution is 7.17. The number of hydrogen-bond acceptors (Lipinski definition) is 7. The Kier molecular flexibility index (Phi) is 3.75. The number of thiophene rings is 1. The summed E-state index contributed by atoms with van der Waals surface area (Å²) in [5, 5.41) is 10.1. The van der Waals surface area contributed by atoms with E-state index in [1.54, 1.807) is 35.7 Å². The van der Waals surface area contributed by atoms with Gasteiger partial charge in [0.15, 0.2) is 11.5 Å². The number of nitrogens with zero attached hydrogens (tertiary/aromatic N) is 1. The van der Waals surface area contributed by atoms with Gasteiger partial charge in [-0.05, 0) is 47.2 Å². The largest absolute Gasteiger partial charge is 0.454 e. The summed E-state index contributed by atoms with van der Waals surface area (Å²) in [5.41, 5.74) is 8.03. The summed E-state index contributed by atoms with van der Waals surface area (Å²) in [7, 11) is 0. The topological polar surface area (TPSA) is 80.9 Å². The van der Waals surface area contributed by atoms with Gasteiger partial charge in [-0.3, -0.25) is 5.73 Å². The Morgan fingerprint density at radius 3 is 3.07 bits per heavy atom. The summed E-state index contributed by atoms with van der Waals surface area (Å²) in [6.07, 6.45) is 3.56. The predicted octanol–water partition coefficient (Wildman–Crippen LogP) is 3.98. The minimum absolute atomic E-state index is 0.162. The molecular weight excluding hydrogens is 384 g/mol. The number of benzene rings is 2. The Hall–Kier alpha value is -2.74. The molecule has 0 spiro atoms. The van der Waals surface area contributed by atoms with E-state index in [0.717, 1.165) is 10.9 Å². The van der Waals surface area contributed by atoms with Crippen LogP contribution in [0.1, 0.15) is 5.56 Å². The number of nitrogens with two attached hydrogens (primary N) is 1. The fraction of sp³-hybridized carbons (Fsp3) is 0.105. The van der Waals surface area contributed by atoms with E-state index in [1.807, 2.05) is 12.1 Å². The van der Waals surface area contributed by atoms with E-state index < -0.39 is 5.79 Å². The van der Waals surface area contributed by atoms with Gasteiger partial charge in [-0.2, -0.15) is 0 Å². The first kappa shape index (κ1) is 16.4. The Morgan fingerprint density at radius 2 is 2.15 bits per heavy atom. The molecule has 0 aliphatic carbocycles. The summed E-state index contributed by atoms with van der Waals surface area (Å²) in [6.45, 7) is 0.162. The fourth-order valence-corrected chi connectivity index (χ4v) is 4.09. The molecule has 0 saturated heterocycles. The summed E-state index contributed by atoms with van der Waals surface area (Å²) in [6, 6.07) is 11.7. The molecule has 0 fully saturated rings. The van der Waals surface area contributed by atoms with Gasteiger partial charge in [0.25, 0.3) is 0 Å². The third-order valence-corrected chi connectivity index (χ3v) is 5.69. The monoisotopic (exact) mass is 398 g/mol. The van der Waals surface area contributed by atoms with Gasteiger partial charge in [0.1, 0.15) is 11.5 Å². The molecule has 3 aromatic rings. The normalized spacial score (nSPS) is 20.4. The molecule has 8 heteroatoms. The first-order chi connectivity index (χ1) is 13.1. The molecule has 2 aliphatic heterocycles. The SMILES string of the molecule is NC1(c2ccc3sccc3c2)N=C(Nc2c(Cl)ccc3c2OCO3)C=CN1. The number of aliphatic imine (C=N–C) groups is 1. The van der Waals surface area contributed by atoms with E-state index in [1.165, 1.54) is 4.70 Å². The average Bonchev–Trinajstić information content (AvgIpc) is 3.32. The number of anilines is 1. The molecule has 1 unspecified atom stereocenters. The zero-order valence-corrected chi connectivity index (χ0v) is 15.6. The number of ether oxygens (including phenoxy) is 2. The molecule has 2 aliphatic rings. The van der Waals surface area contributed by atoms with Gasteiger partial charge in [0.2, 0.25) is 12.6 Å². The van der Waals surface area contributed by atoms with Crippen molar-refractivity contribution in [1.82, 2.24) is 5.32 Å². The molecule has 6 nitrogen and oxygen atoms in total. The standard InChI is InChI=1S/C19H15ClN4O2S/c20-13-2-3-14-18(26-10-25-14)17(13)23-16-5-7-22-19(21,24-16)12-1-4-15-11(9-12)6-8-27-15/h1-9,22H,10,21H2,(H,23,24). The summed E-state index contributed by atoms with van der Waals surface area (Å²) >= 11 is 8.04. The average molecular weight is 399 g/mol. The number of halogens is 1. The predicted molar refractivity (Wildman–Crippen MR) is 109 cm³/mol. The lowest BCUT2D eigenvalue weighted by Crippen LogP contribution is -2.49. The van der Waals surface area contributed by atoms with Crippen LogP contribution in [-0.2, 0) is 5.79 Å². The van der Waals surface area contributed by atoms with Gasteiger partial charge >= 0.3 is 0 Å². The van der Waals surface area contributed by atoms with Crippen molar-refractivity contribution in [3.63, 3.8) is 0 Å². The van der Waals surface area contributed by atoms with Crippen molar-refractivity contribution in [2.24, 2.45) is 10.7 Å². The molecule has 0 radical (unpaired) electrons. The Labute approximate surface area is 164 Å². The maximum absolute atomic E-state index is 6.56. The third-order valence-electron chi connectivity index (χ3n) is 4.48. The summed E-state index contributed by atoms with van der Waals surface area (Å²) < 4.78 is 12.2. The molecule has 3 heterocycles. The number of amidine groups is 1. The molecule has 0 saturated carbocycles. The molecule has 4 N–H and O–H groups in total. The molecule has 0 bridgehead atoms. The van der Waals surface area contributed by atoms with Gasteiger partial charge in [-0.1, -0.05) is 17.7 Å². The molecule has 136 valence electrons. The second kappa shape index (κ2) is 6.16. The zero-order valence-electron chi connectivity index (χ0n) is 14.0. The summed E-state index contributed by atoms with van der Waals surface area (Å²) in [5.74, 6) is 0.684. The Balaban J connectivity index is 1.51. The van der Waals surface area contributed by atoms with Crippen LogP contribution < -0.4 is 25.8 Å². The first-order valence-corrected chi connectivity index (χ1v) is 9.54. The highest BCUT2D eigenvalue weighted by atomic mass is 35.5. The van der Waals surface area contributed by atoms with Crippen molar-refractivity contribution in [1.29, 1.82) is 0 Å². The zero-order chi connectivity index (χ0) is 18.4. The molecular formula is C19H15ClN4O2S. The Bertz CT molecular complexity index is 1110. The highest BCUT2D eigenvalue weighted by Gasteiger charge is 2.29. The number of fused-ring (bicyclic) bond motifs is 2. The smallest absolute Gasteiger partial charge is 0.231 e. The number of rotatable bonds is 2. The van der Waals surface area contributed by atoms with Crippen LogP contribution in [0.2, 0.25) is 5.02 Å². The molecule has 1 atom stereocenters. The number of hydrogen-bond donors (Lipinski definition) is 3. The van der Waals surface area contributed by atoms with Crippen LogP contribution in [0.15, 0.2) is 59.0 Å². The van der Waals surface area contributed by atoms with Crippen LogP contribution in [0.25, 0.3) is 10.1 Å². The maximum atomic E-state index is 6.56. The van der Waals surface area contributed by atoms with E-state index in [9.17, 15) is 0 Å². The molecule has 2 aromatic carbocycles. The van der Waals surface area contributed by atoms with Crippen LogP contribution in [0.5, 0.6) is 11.5 Å². The molecule has 27 heavy (non-hydrogen) atoms. The van der Waals surface area contributed by atoms with E-state index >= 15 is 0 Å². The molecule has 5 rings (SSSR count). The van der Waals surface area contributed by atoms with Crippen LogP contribution in [0.3, 0.4) is 0 Å².